The van der Waals surface area contributed by atoms with Gasteiger partial charge in [0.2, 0.25) is 11.8 Å². The summed E-state index contributed by atoms with van der Waals surface area (Å²) in [5.41, 5.74) is 7.53. The summed E-state index contributed by atoms with van der Waals surface area (Å²) in [7, 11) is 0. The van der Waals surface area contributed by atoms with E-state index in [0.29, 0.717) is 31.2 Å². The lowest BCUT2D eigenvalue weighted by atomic mass is 10.1. The molecule has 0 fully saturated rings. The first-order valence-corrected chi connectivity index (χ1v) is 9.14. The fraction of sp³-hybridized carbons (Fsp3) is 0.263. The molecular formula is C19H21N3O2S. The molecule has 0 saturated heterocycles. The Hall–Kier alpha value is -2.44. The van der Waals surface area contributed by atoms with Gasteiger partial charge in [0.1, 0.15) is 6.26 Å². The number of hydrogen-bond acceptors (Lipinski definition) is 5. The van der Waals surface area contributed by atoms with Gasteiger partial charge in [-0.3, -0.25) is 4.79 Å². The number of carbonyl (C=O) groups is 1. The molecule has 0 aliphatic carbocycles. The van der Waals surface area contributed by atoms with Crippen molar-refractivity contribution in [2.24, 2.45) is 5.73 Å². The fourth-order valence-electron chi connectivity index (χ4n) is 2.59. The van der Waals surface area contributed by atoms with Crippen LogP contribution >= 0.6 is 11.3 Å². The van der Waals surface area contributed by atoms with E-state index < -0.39 is 0 Å². The Morgan fingerprint density at radius 1 is 1.16 bits per heavy atom. The molecule has 130 valence electrons. The number of rotatable bonds is 8. The van der Waals surface area contributed by atoms with Gasteiger partial charge in [-0.2, -0.15) is 0 Å². The molecule has 3 rings (SSSR count). The van der Waals surface area contributed by atoms with Crippen LogP contribution in [0, 0.1) is 0 Å². The van der Waals surface area contributed by atoms with Gasteiger partial charge in [0.05, 0.1) is 17.0 Å². The highest BCUT2D eigenvalue weighted by Crippen LogP contribution is 2.23. The molecular weight excluding hydrogens is 334 g/mol. The zero-order chi connectivity index (χ0) is 17.5. The van der Waals surface area contributed by atoms with Crippen LogP contribution < -0.4 is 5.73 Å². The fourth-order valence-corrected chi connectivity index (χ4v) is 3.25. The van der Waals surface area contributed by atoms with Crippen molar-refractivity contribution < 1.29 is 9.21 Å². The summed E-state index contributed by atoms with van der Waals surface area (Å²) in [5, 5.41) is 1.97. The van der Waals surface area contributed by atoms with Gasteiger partial charge in [-0.05, 0) is 23.4 Å². The molecule has 0 aliphatic heterocycles. The van der Waals surface area contributed by atoms with Crippen LogP contribution in [0.4, 0.5) is 0 Å². The maximum absolute atomic E-state index is 12.6. The van der Waals surface area contributed by atoms with Crippen molar-refractivity contribution in [3.8, 4) is 10.8 Å². The monoisotopic (exact) mass is 355 g/mol. The zero-order valence-electron chi connectivity index (χ0n) is 13.9. The Balaban J connectivity index is 1.60. The second-order valence-corrected chi connectivity index (χ2v) is 6.65. The Morgan fingerprint density at radius 3 is 2.72 bits per heavy atom. The lowest BCUT2D eigenvalue weighted by Gasteiger charge is -2.21. The second kappa shape index (κ2) is 8.60. The normalized spacial score (nSPS) is 10.8. The van der Waals surface area contributed by atoms with Gasteiger partial charge in [-0.1, -0.05) is 36.4 Å². The van der Waals surface area contributed by atoms with Crippen LogP contribution in [0.2, 0.25) is 0 Å². The van der Waals surface area contributed by atoms with Crippen LogP contribution in [-0.4, -0.2) is 35.4 Å². The van der Waals surface area contributed by atoms with Crippen molar-refractivity contribution >= 4 is 17.2 Å². The van der Waals surface area contributed by atoms with E-state index in [1.54, 1.807) is 22.5 Å². The summed E-state index contributed by atoms with van der Waals surface area (Å²) in [5.74, 6) is 0.583. The van der Waals surface area contributed by atoms with Gasteiger partial charge in [0, 0.05) is 19.6 Å². The van der Waals surface area contributed by atoms with Gasteiger partial charge in [0.25, 0.3) is 0 Å². The van der Waals surface area contributed by atoms with E-state index in [9.17, 15) is 4.79 Å². The van der Waals surface area contributed by atoms with Crippen molar-refractivity contribution in [1.29, 1.82) is 0 Å². The minimum atomic E-state index is 0.0208. The molecule has 0 radical (unpaired) electrons. The standard InChI is InChI=1S/C19H21N3O2S/c20-9-11-22(10-8-15-5-2-1-3-6-15)18(23)13-16-14-24-19(21-16)17-7-4-12-25-17/h1-7,12,14H,8-11,13,20H2. The Kier molecular flexibility index (Phi) is 5.98. The number of aromatic nitrogens is 1. The van der Waals surface area contributed by atoms with Gasteiger partial charge >= 0.3 is 0 Å². The van der Waals surface area contributed by atoms with E-state index in [-0.39, 0.29) is 12.3 Å². The molecule has 1 aromatic carbocycles. The number of nitrogens with zero attached hydrogens (tertiary/aromatic N) is 2. The lowest BCUT2D eigenvalue weighted by molar-refractivity contribution is -0.130. The molecule has 25 heavy (non-hydrogen) atoms. The first-order chi connectivity index (χ1) is 12.3. The van der Waals surface area contributed by atoms with Crippen molar-refractivity contribution in [3.63, 3.8) is 0 Å². The zero-order valence-corrected chi connectivity index (χ0v) is 14.7. The van der Waals surface area contributed by atoms with E-state index in [2.05, 4.69) is 17.1 Å². The van der Waals surface area contributed by atoms with Crippen molar-refractivity contribution in [3.05, 3.63) is 65.4 Å². The molecule has 0 bridgehead atoms. The highest BCUT2D eigenvalue weighted by molar-refractivity contribution is 7.13. The Bertz CT molecular complexity index is 784. The molecule has 0 saturated carbocycles. The van der Waals surface area contributed by atoms with Crippen LogP contribution in [0.5, 0.6) is 0 Å². The van der Waals surface area contributed by atoms with Gasteiger partial charge in [0.15, 0.2) is 0 Å². The number of carbonyl (C=O) groups excluding carboxylic acids is 1. The molecule has 0 aliphatic rings. The van der Waals surface area contributed by atoms with E-state index >= 15 is 0 Å². The van der Waals surface area contributed by atoms with E-state index in [4.69, 9.17) is 10.2 Å². The number of nitrogens with two attached hydrogens (primary N) is 1. The van der Waals surface area contributed by atoms with Crippen LogP contribution in [0.25, 0.3) is 10.8 Å². The molecule has 2 heterocycles. The minimum Gasteiger partial charge on any atom is -0.444 e. The smallest absolute Gasteiger partial charge is 0.236 e. The predicted molar refractivity (Wildman–Crippen MR) is 99.3 cm³/mol. The number of thiophene rings is 1. The molecule has 2 N–H and O–H groups in total. The Labute approximate surface area is 151 Å². The maximum Gasteiger partial charge on any atom is 0.236 e. The Morgan fingerprint density at radius 2 is 2.00 bits per heavy atom. The summed E-state index contributed by atoms with van der Waals surface area (Å²) in [6.45, 7) is 1.64. The SMILES string of the molecule is NCCN(CCc1ccccc1)C(=O)Cc1coc(-c2cccs2)n1. The summed E-state index contributed by atoms with van der Waals surface area (Å²) < 4.78 is 5.48. The van der Waals surface area contributed by atoms with Gasteiger partial charge in [-0.15, -0.1) is 11.3 Å². The third kappa shape index (κ3) is 4.78. The van der Waals surface area contributed by atoms with E-state index in [1.165, 1.54) is 5.56 Å². The van der Waals surface area contributed by atoms with Crippen LogP contribution in [0.15, 0.2) is 58.5 Å². The van der Waals surface area contributed by atoms with Gasteiger partial charge in [-0.25, -0.2) is 4.98 Å². The summed E-state index contributed by atoms with van der Waals surface area (Å²) in [4.78, 5) is 19.8. The number of oxazole rings is 1. The third-order valence-corrected chi connectivity index (χ3v) is 4.74. The molecule has 1 amide bonds. The van der Waals surface area contributed by atoms with E-state index in [1.807, 2.05) is 35.7 Å². The van der Waals surface area contributed by atoms with Crippen LogP contribution in [0.3, 0.4) is 0 Å². The molecule has 2 aromatic heterocycles. The minimum absolute atomic E-state index is 0.0208. The quantitative estimate of drug-likeness (QED) is 0.674. The summed E-state index contributed by atoms with van der Waals surface area (Å²) >= 11 is 1.56. The van der Waals surface area contributed by atoms with Gasteiger partial charge < -0.3 is 15.1 Å². The number of amides is 1. The van der Waals surface area contributed by atoms with E-state index in [0.717, 1.165) is 11.3 Å². The number of hydrogen-bond donors (Lipinski definition) is 1. The van der Waals surface area contributed by atoms with Crippen molar-refractivity contribution in [2.75, 3.05) is 19.6 Å². The lowest BCUT2D eigenvalue weighted by Crippen LogP contribution is -2.37. The largest absolute Gasteiger partial charge is 0.444 e. The third-order valence-electron chi connectivity index (χ3n) is 3.88. The summed E-state index contributed by atoms with van der Waals surface area (Å²) in [6.07, 6.45) is 2.60. The van der Waals surface area contributed by atoms with Crippen LogP contribution in [0.1, 0.15) is 11.3 Å². The number of benzene rings is 1. The van der Waals surface area contributed by atoms with Crippen LogP contribution in [-0.2, 0) is 17.6 Å². The molecule has 0 atom stereocenters. The topological polar surface area (TPSA) is 72.4 Å². The predicted octanol–water partition coefficient (Wildman–Crippen LogP) is 2.98. The van der Waals surface area contributed by atoms with Crippen molar-refractivity contribution in [2.45, 2.75) is 12.8 Å². The first-order valence-electron chi connectivity index (χ1n) is 8.26. The molecule has 5 nitrogen and oxygen atoms in total. The highest BCUT2D eigenvalue weighted by atomic mass is 32.1. The highest BCUT2D eigenvalue weighted by Gasteiger charge is 2.16. The average molecular weight is 355 g/mol. The first kappa shape index (κ1) is 17.4. The summed E-state index contributed by atoms with van der Waals surface area (Å²) in [6, 6.07) is 14.0. The second-order valence-electron chi connectivity index (χ2n) is 5.70. The van der Waals surface area contributed by atoms with Crippen molar-refractivity contribution in [1.82, 2.24) is 9.88 Å². The molecule has 0 unspecified atom stereocenters. The molecule has 3 aromatic rings. The molecule has 6 heteroatoms. The maximum atomic E-state index is 12.6. The average Bonchev–Trinajstić information content (AvgIpc) is 3.31. The molecule has 0 spiro atoms.